The van der Waals surface area contributed by atoms with Crippen molar-refractivity contribution in [3.63, 3.8) is 0 Å². The number of carbonyl (C=O) groups is 2. The van der Waals surface area contributed by atoms with Crippen molar-refractivity contribution in [1.82, 2.24) is 19.7 Å². The van der Waals surface area contributed by atoms with Crippen LogP contribution in [-0.2, 0) is 9.59 Å². The Morgan fingerprint density at radius 1 is 1.21 bits per heavy atom. The van der Waals surface area contributed by atoms with Crippen LogP contribution in [0.5, 0.6) is 0 Å². The number of benzene rings is 1. The highest BCUT2D eigenvalue weighted by Gasteiger charge is 2.17. The third kappa shape index (κ3) is 4.65. The molecule has 0 spiro atoms. The van der Waals surface area contributed by atoms with Gasteiger partial charge in [-0.3, -0.25) is 9.59 Å². The molecule has 1 N–H and O–H groups in total. The largest absolute Gasteiger partial charge is 0.481 e. The van der Waals surface area contributed by atoms with Crippen LogP contribution in [0.25, 0.3) is 5.69 Å². The topological polar surface area (TPSA) is 88.3 Å². The van der Waals surface area contributed by atoms with Crippen molar-refractivity contribution in [2.24, 2.45) is 0 Å². The maximum atomic E-state index is 12.2. The first-order valence-electron chi connectivity index (χ1n) is 7.91. The normalized spacial score (nSPS) is 11.9. The molecular formula is C17H22N4O3. The Labute approximate surface area is 140 Å². The van der Waals surface area contributed by atoms with Crippen LogP contribution in [0.1, 0.15) is 44.2 Å². The lowest BCUT2D eigenvalue weighted by atomic mass is 10.1. The van der Waals surface area contributed by atoms with Gasteiger partial charge in [-0.25, -0.2) is 9.67 Å². The number of nitrogens with zero attached hydrogens (tertiary/aromatic N) is 4. The summed E-state index contributed by atoms with van der Waals surface area (Å²) in [6.45, 7) is 1.97. The van der Waals surface area contributed by atoms with Crippen LogP contribution in [-0.4, -0.2) is 43.7 Å². The van der Waals surface area contributed by atoms with Gasteiger partial charge in [0.2, 0.25) is 5.91 Å². The SMILES string of the molecule is CC(c1ccc(-n2cncn2)cc1)N(C)C(=O)CCCCC(=O)O. The maximum absolute atomic E-state index is 12.2. The van der Waals surface area contributed by atoms with Crippen molar-refractivity contribution < 1.29 is 14.7 Å². The average Bonchev–Trinajstić information content (AvgIpc) is 3.11. The van der Waals surface area contributed by atoms with E-state index in [1.165, 1.54) is 6.33 Å². The number of amides is 1. The first-order valence-corrected chi connectivity index (χ1v) is 7.91. The summed E-state index contributed by atoms with van der Waals surface area (Å²) in [4.78, 5) is 28.3. The highest BCUT2D eigenvalue weighted by atomic mass is 16.4. The second kappa shape index (κ2) is 8.24. The lowest BCUT2D eigenvalue weighted by molar-refractivity contribution is -0.137. The number of hydrogen-bond donors (Lipinski definition) is 1. The number of carbonyl (C=O) groups excluding carboxylic acids is 1. The molecule has 1 atom stereocenters. The van der Waals surface area contributed by atoms with Gasteiger partial charge in [-0.2, -0.15) is 5.10 Å². The van der Waals surface area contributed by atoms with E-state index in [1.54, 1.807) is 23.0 Å². The quantitative estimate of drug-likeness (QED) is 0.751. The zero-order chi connectivity index (χ0) is 17.5. The van der Waals surface area contributed by atoms with Gasteiger partial charge >= 0.3 is 5.97 Å². The van der Waals surface area contributed by atoms with Crippen molar-refractivity contribution in [2.75, 3.05) is 7.05 Å². The molecule has 1 unspecified atom stereocenters. The van der Waals surface area contributed by atoms with E-state index in [1.807, 2.05) is 31.2 Å². The Morgan fingerprint density at radius 3 is 2.46 bits per heavy atom. The molecular weight excluding hydrogens is 308 g/mol. The van der Waals surface area contributed by atoms with E-state index in [9.17, 15) is 9.59 Å². The van der Waals surface area contributed by atoms with Crippen molar-refractivity contribution in [3.8, 4) is 5.69 Å². The van der Waals surface area contributed by atoms with Crippen LogP contribution in [0.2, 0.25) is 0 Å². The number of carboxylic acid groups (broad SMARTS) is 1. The number of aliphatic carboxylic acids is 1. The third-order valence-corrected chi connectivity index (χ3v) is 4.06. The molecule has 24 heavy (non-hydrogen) atoms. The van der Waals surface area contributed by atoms with E-state index < -0.39 is 5.97 Å². The fourth-order valence-electron chi connectivity index (χ4n) is 2.42. The van der Waals surface area contributed by atoms with Gasteiger partial charge < -0.3 is 10.0 Å². The van der Waals surface area contributed by atoms with Gasteiger partial charge in [0.25, 0.3) is 0 Å². The molecule has 0 saturated heterocycles. The zero-order valence-corrected chi connectivity index (χ0v) is 13.9. The van der Waals surface area contributed by atoms with Crippen LogP contribution in [0, 0.1) is 0 Å². The van der Waals surface area contributed by atoms with Crippen LogP contribution in [0.3, 0.4) is 0 Å². The molecule has 0 saturated carbocycles. The van der Waals surface area contributed by atoms with E-state index in [0.29, 0.717) is 19.3 Å². The summed E-state index contributed by atoms with van der Waals surface area (Å²) < 4.78 is 1.67. The van der Waals surface area contributed by atoms with Gasteiger partial charge in [0, 0.05) is 19.9 Å². The molecule has 1 heterocycles. The Hall–Kier alpha value is -2.70. The summed E-state index contributed by atoms with van der Waals surface area (Å²) in [6, 6.07) is 7.75. The van der Waals surface area contributed by atoms with E-state index in [-0.39, 0.29) is 18.4 Å². The minimum atomic E-state index is -0.823. The monoisotopic (exact) mass is 330 g/mol. The molecule has 0 aliphatic carbocycles. The Kier molecular flexibility index (Phi) is 6.06. The average molecular weight is 330 g/mol. The standard InChI is InChI=1S/C17H22N4O3/c1-13(20(2)16(22)5-3-4-6-17(23)24)14-7-9-15(10-8-14)21-12-18-11-19-21/h7-13H,3-6H2,1-2H3,(H,23,24). The van der Waals surface area contributed by atoms with E-state index in [0.717, 1.165) is 11.3 Å². The predicted molar refractivity (Wildman–Crippen MR) is 88.6 cm³/mol. The van der Waals surface area contributed by atoms with E-state index >= 15 is 0 Å². The first-order chi connectivity index (χ1) is 11.5. The minimum absolute atomic E-state index is 0.0215. The smallest absolute Gasteiger partial charge is 0.303 e. The van der Waals surface area contributed by atoms with Gasteiger partial charge in [0.1, 0.15) is 12.7 Å². The second-order valence-corrected chi connectivity index (χ2v) is 5.71. The zero-order valence-electron chi connectivity index (χ0n) is 13.9. The van der Waals surface area contributed by atoms with Gasteiger partial charge in [0.15, 0.2) is 0 Å². The Bertz CT molecular complexity index is 668. The van der Waals surface area contributed by atoms with Gasteiger partial charge in [-0.1, -0.05) is 12.1 Å². The number of aromatic nitrogens is 3. The van der Waals surface area contributed by atoms with Crippen molar-refractivity contribution in [3.05, 3.63) is 42.5 Å². The molecule has 1 aromatic heterocycles. The van der Waals surface area contributed by atoms with Crippen LogP contribution < -0.4 is 0 Å². The molecule has 7 heteroatoms. The fraction of sp³-hybridized carbons (Fsp3) is 0.412. The van der Waals surface area contributed by atoms with Crippen LogP contribution in [0.15, 0.2) is 36.9 Å². The number of carboxylic acids is 1. The molecule has 0 radical (unpaired) electrons. The van der Waals surface area contributed by atoms with Crippen molar-refractivity contribution >= 4 is 11.9 Å². The first kappa shape index (κ1) is 17.7. The Morgan fingerprint density at radius 2 is 1.88 bits per heavy atom. The molecule has 0 aliphatic rings. The lowest BCUT2D eigenvalue weighted by Crippen LogP contribution is -2.29. The third-order valence-electron chi connectivity index (χ3n) is 4.06. The second-order valence-electron chi connectivity index (χ2n) is 5.71. The summed E-state index contributed by atoms with van der Waals surface area (Å²) in [5.41, 5.74) is 1.94. The number of unbranched alkanes of at least 4 members (excludes halogenated alkanes) is 1. The van der Waals surface area contributed by atoms with Crippen LogP contribution in [0.4, 0.5) is 0 Å². The molecule has 2 rings (SSSR count). The molecule has 2 aromatic rings. The predicted octanol–water partition coefficient (Wildman–Crippen LogP) is 2.43. The van der Waals surface area contributed by atoms with Crippen LogP contribution >= 0.6 is 0 Å². The summed E-state index contributed by atoms with van der Waals surface area (Å²) in [5, 5.41) is 12.7. The molecule has 7 nitrogen and oxygen atoms in total. The van der Waals surface area contributed by atoms with Crippen molar-refractivity contribution in [2.45, 2.75) is 38.6 Å². The van der Waals surface area contributed by atoms with E-state index in [4.69, 9.17) is 5.11 Å². The molecule has 128 valence electrons. The highest BCUT2D eigenvalue weighted by molar-refractivity contribution is 5.76. The lowest BCUT2D eigenvalue weighted by Gasteiger charge is -2.25. The van der Waals surface area contributed by atoms with E-state index in [2.05, 4.69) is 10.1 Å². The summed E-state index contributed by atoms with van der Waals surface area (Å²) in [7, 11) is 1.77. The molecule has 0 aliphatic heterocycles. The van der Waals surface area contributed by atoms with Gasteiger partial charge in [-0.15, -0.1) is 0 Å². The summed E-state index contributed by atoms with van der Waals surface area (Å²) in [6.07, 6.45) is 4.70. The van der Waals surface area contributed by atoms with Gasteiger partial charge in [-0.05, 0) is 37.5 Å². The number of rotatable bonds is 8. The fourth-order valence-corrected chi connectivity index (χ4v) is 2.42. The summed E-state index contributed by atoms with van der Waals surface area (Å²) >= 11 is 0. The minimum Gasteiger partial charge on any atom is -0.481 e. The molecule has 1 amide bonds. The maximum Gasteiger partial charge on any atom is 0.303 e. The highest BCUT2D eigenvalue weighted by Crippen LogP contribution is 2.21. The number of hydrogen-bond acceptors (Lipinski definition) is 4. The molecule has 0 fully saturated rings. The molecule has 0 bridgehead atoms. The summed E-state index contributed by atoms with van der Waals surface area (Å²) in [5.74, 6) is -0.801. The molecule has 1 aromatic carbocycles. The van der Waals surface area contributed by atoms with Gasteiger partial charge in [0.05, 0.1) is 11.7 Å². The van der Waals surface area contributed by atoms with Crippen molar-refractivity contribution in [1.29, 1.82) is 0 Å². The Balaban J connectivity index is 1.91.